The van der Waals surface area contributed by atoms with Crippen molar-refractivity contribution in [3.8, 4) is 0 Å². The molecule has 19 heavy (non-hydrogen) atoms. The molecule has 1 fully saturated rings. The van der Waals surface area contributed by atoms with E-state index in [1.54, 1.807) is 0 Å². The third-order valence-electron chi connectivity index (χ3n) is 4.27. The van der Waals surface area contributed by atoms with Crippen molar-refractivity contribution in [2.24, 2.45) is 0 Å². The molecule has 0 spiro atoms. The van der Waals surface area contributed by atoms with Crippen molar-refractivity contribution in [2.45, 2.75) is 31.8 Å². The van der Waals surface area contributed by atoms with E-state index in [0.29, 0.717) is 6.04 Å². The Bertz CT molecular complexity index is 406. The number of nitrogens with one attached hydrogen (secondary N) is 1. The van der Waals surface area contributed by atoms with Crippen LogP contribution in [0.5, 0.6) is 0 Å². The lowest BCUT2D eigenvalue weighted by Crippen LogP contribution is -2.57. The topological polar surface area (TPSA) is 24.5 Å². The first-order valence-corrected chi connectivity index (χ1v) is 8.53. The predicted octanol–water partition coefficient (Wildman–Crippen LogP) is 3.27. The molecule has 1 N–H and O–H groups in total. The SMILES string of the molecule is CCC(C)(C(NC)c1sccc1Br)N1CCOCC1. The van der Waals surface area contributed by atoms with Crippen LogP contribution < -0.4 is 5.32 Å². The van der Waals surface area contributed by atoms with Gasteiger partial charge in [-0.1, -0.05) is 6.92 Å². The number of morpholine rings is 1. The Labute approximate surface area is 128 Å². The quantitative estimate of drug-likeness (QED) is 0.885. The van der Waals surface area contributed by atoms with Crippen LogP contribution in [0.4, 0.5) is 0 Å². The van der Waals surface area contributed by atoms with Crippen LogP contribution >= 0.6 is 27.3 Å². The second-order valence-electron chi connectivity index (χ2n) is 5.16. The zero-order chi connectivity index (χ0) is 13.9. The maximum atomic E-state index is 5.50. The summed E-state index contributed by atoms with van der Waals surface area (Å²) in [7, 11) is 2.06. The molecular weight excluding hydrogens is 324 g/mol. The van der Waals surface area contributed by atoms with Crippen LogP contribution in [0.2, 0.25) is 0 Å². The Morgan fingerprint density at radius 2 is 2.21 bits per heavy atom. The Kier molecular flexibility index (Phi) is 5.43. The Hall–Kier alpha value is 0.0600. The molecule has 0 aromatic carbocycles. The molecule has 1 aromatic rings. The van der Waals surface area contributed by atoms with Crippen molar-refractivity contribution in [3.63, 3.8) is 0 Å². The van der Waals surface area contributed by atoms with Crippen LogP contribution in [0, 0.1) is 0 Å². The molecule has 0 bridgehead atoms. The van der Waals surface area contributed by atoms with Gasteiger partial charge in [-0.25, -0.2) is 0 Å². The van der Waals surface area contributed by atoms with Crippen LogP contribution in [0.15, 0.2) is 15.9 Å². The van der Waals surface area contributed by atoms with Crippen molar-refractivity contribution in [1.82, 2.24) is 10.2 Å². The summed E-state index contributed by atoms with van der Waals surface area (Å²) in [6, 6.07) is 2.48. The van der Waals surface area contributed by atoms with E-state index in [2.05, 4.69) is 58.5 Å². The first-order valence-electron chi connectivity index (χ1n) is 6.86. The fourth-order valence-corrected chi connectivity index (χ4v) is 4.78. The molecule has 1 aliphatic heterocycles. The van der Waals surface area contributed by atoms with Crippen LogP contribution in [-0.4, -0.2) is 43.8 Å². The van der Waals surface area contributed by atoms with Gasteiger partial charge in [-0.05, 0) is 47.8 Å². The van der Waals surface area contributed by atoms with Gasteiger partial charge in [-0.3, -0.25) is 4.90 Å². The van der Waals surface area contributed by atoms with Crippen LogP contribution in [0.1, 0.15) is 31.2 Å². The maximum absolute atomic E-state index is 5.50. The number of thiophene rings is 1. The molecule has 1 aliphatic rings. The number of ether oxygens (including phenoxy) is 1. The van der Waals surface area contributed by atoms with Crippen molar-refractivity contribution < 1.29 is 4.74 Å². The Morgan fingerprint density at radius 3 is 2.68 bits per heavy atom. The van der Waals surface area contributed by atoms with Gasteiger partial charge in [0, 0.05) is 28.0 Å². The van der Waals surface area contributed by atoms with Crippen LogP contribution in [-0.2, 0) is 4.74 Å². The minimum absolute atomic E-state index is 0.117. The molecule has 2 unspecified atom stereocenters. The van der Waals surface area contributed by atoms with Gasteiger partial charge in [-0.2, -0.15) is 0 Å². The highest BCUT2D eigenvalue weighted by molar-refractivity contribution is 9.10. The summed E-state index contributed by atoms with van der Waals surface area (Å²) in [5, 5.41) is 5.68. The molecule has 108 valence electrons. The summed E-state index contributed by atoms with van der Waals surface area (Å²) in [5.74, 6) is 0. The lowest BCUT2D eigenvalue weighted by atomic mass is 9.86. The molecule has 1 saturated heterocycles. The standard InChI is InChI=1S/C14H23BrN2OS/c1-4-14(2,17-6-8-18-9-7-17)13(16-3)12-11(15)5-10-19-12/h5,10,13,16H,4,6-9H2,1-3H3. The van der Waals surface area contributed by atoms with Crippen molar-refractivity contribution in [1.29, 1.82) is 0 Å². The molecule has 2 rings (SSSR count). The molecule has 3 nitrogen and oxygen atoms in total. The Balaban J connectivity index is 2.29. The lowest BCUT2D eigenvalue weighted by molar-refractivity contribution is -0.0315. The normalized spacial score (nSPS) is 22.1. The molecular formula is C14H23BrN2OS. The third kappa shape index (κ3) is 3.05. The van der Waals surface area contributed by atoms with Crippen molar-refractivity contribution in [2.75, 3.05) is 33.4 Å². The van der Waals surface area contributed by atoms with Gasteiger partial charge in [0.05, 0.1) is 19.3 Å². The van der Waals surface area contributed by atoms with Gasteiger partial charge in [-0.15, -0.1) is 11.3 Å². The summed E-state index contributed by atoms with van der Waals surface area (Å²) < 4.78 is 6.71. The predicted molar refractivity (Wildman–Crippen MR) is 84.9 cm³/mol. The fraction of sp³-hybridized carbons (Fsp3) is 0.714. The molecule has 0 amide bonds. The van der Waals surface area contributed by atoms with Crippen molar-refractivity contribution >= 4 is 27.3 Å². The lowest BCUT2D eigenvalue weighted by Gasteiger charge is -2.47. The smallest absolute Gasteiger partial charge is 0.0608 e. The van der Waals surface area contributed by atoms with E-state index in [4.69, 9.17) is 4.74 Å². The first-order chi connectivity index (χ1) is 9.13. The van der Waals surface area contributed by atoms with Crippen LogP contribution in [0.25, 0.3) is 0 Å². The maximum Gasteiger partial charge on any atom is 0.0608 e. The second kappa shape index (κ2) is 6.68. The molecule has 0 aliphatic carbocycles. The number of halogens is 1. The highest BCUT2D eigenvalue weighted by atomic mass is 79.9. The van der Waals surface area contributed by atoms with Gasteiger partial charge in [0.25, 0.3) is 0 Å². The number of hydrogen-bond acceptors (Lipinski definition) is 4. The summed E-state index contributed by atoms with van der Waals surface area (Å²) in [6.07, 6.45) is 1.11. The summed E-state index contributed by atoms with van der Waals surface area (Å²) in [5.41, 5.74) is 0.117. The highest BCUT2D eigenvalue weighted by Crippen LogP contribution is 2.40. The minimum Gasteiger partial charge on any atom is -0.379 e. The molecule has 2 heterocycles. The van der Waals surface area contributed by atoms with E-state index in [0.717, 1.165) is 32.7 Å². The molecule has 5 heteroatoms. The zero-order valence-electron chi connectivity index (χ0n) is 11.9. The Morgan fingerprint density at radius 1 is 1.53 bits per heavy atom. The summed E-state index contributed by atoms with van der Waals surface area (Å²) in [4.78, 5) is 3.96. The van der Waals surface area contributed by atoms with E-state index in [-0.39, 0.29) is 5.54 Å². The number of hydrogen-bond donors (Lipinski definition) is 1. The largest absolute Gasteiger partial charge is 0.379 e. The summed E-state index contributed by atoms with van der Waals surface area (Å²) >= 11 is 5.50. The van der Waals surface area contributed by atoms with E-state index >= 15 is 0 Å². The zero-order valence-corrected chi connectivity index (χ0v) is 14.3. The van der Waals surface area contributed by atoms with Gasteiger partial charge >= 0.3 is 0 Å². The average Bonchev–Trinajstić information content (AvgIpc) is 2.86. The van der Waals surface area contributed by atoms with Gasteiger partial charge in [0.15, 0.2) is 0 Å². The van der Waals surface area contributed by atoms with E-state index in [9.17, 15) is 0 Å². The van der Waals surface area contributed by atoms with Gasteiger partial charge in [0.1, 0.15) is 0 Å². The summed E-state index contributed by atoms with van der Waals surface area (Å²) in [6.45, 7) is 8.37. The first kappa shape index (κ1) is 15.4. The van der Waals surface area contributed by atoms with E-state index in [1.165, 1.54) is 9.35 Å². The van der Waals surface area contributed by atoms with E-state index < -0.39 is 0 Å². The average molecular weight is 347 g/mol. The number of nitrogens with zero attached hydrogens (tertiary/aromatic N) is 1. The molecule has 0 saturated carbocycles. The number of rotatable bonds is 5. The third-order valence-corrected chi connectivity index (χ3v) is 6.20. The molecule has 2 atom stereocenters. The highest BCUT2D eigenvalue weighted by Gasteiger charge is 2.40. The number of likely N-dealkylation sites (N-methyl/N-ethyl adjacent to an activating group) is 1. The van der Waals surface area contributed by atoms with Gasteiger partial charge in [0.2, 0.25) is 0 Å². The minimum atomic E-state index is 0.117. The van der Waals surface area contributed by atoms with Gasteiger partial charge < -0.3 is 10.1 Å². The second-order valence-corrected chi connectivity index (χ2v) is 6.97. The van der Waals surface area contributed by atoms with Crippen LogP contribution in [0.3, 0.4) is 0 Å². The molecule has 1 aromatic heterocycles. The fourth-order valence-electron chi connectivity index (χ4n) is 2.92. The van der Waals surface area contributed by atoms with E-state index in [1.807, 2.05) is 11.3 Å². The molecule has 0 radical (unpaired) electrons. The monoisotopic (exact) mass is 346 g/mol. The van der Waals surface area contributed by atoms with Crippen molar-refractivity contribution in [3.05, 3.63) is 20.8 Å².